The van der Waals surface area contributed by atoms with Crippen LogP contribution in [-0.4, -0.2) is 13.6 Å². The van der Waals surface area contributed by atoms with Crippen molar-refractivity contribution >= 4 is 0 Å². The second-order valence-corrected chi connectivity index (χ2v) is 3.89. The molecule has 0 saturated heterocycles. The van der Waals surface area contributed by atoms with Gasteiger partial charge in [0.2, 0.25) is 0 Å². The fourth-order valence-electron chi connectivity index (χ4n) is 2.33. The molecule has 0 aliphatic heterocycles. The van der Waals surface area contributed by atoms with Crippen molar-refractivity contribution < 1.29 is 0 Å². The summed E-state index contributed by atoms with van der Waals surface area (Å²) in [4.78, 5) is 0. The van der Waals surface area contributed by atoms with Crippen LogP contribution in [0.25, 0.3) is 0 Å². The molecule has 0 radical (unpaired) electrons. The number of likely N-dealkylation sites (N-methyl/N-ethyl adjacent to an activating group) is 1. The number of hydrogen-bond acceptors (Lipinski definition) is 1. The molecule has 0 aromatic rings. The average molecular weight is 179 g/mol. The smallest absolute Gasteiger partial charge is 0.0162 e. The predicted molar refractivity (Wildman–Crippen MR) is 58.6 cm³/mol. The van der Waals surface area contributed by atoms with Crippen molar-refractivity contribution in [3.8, 4) is 0 Å². The summed E-state index contributed by atoms with van der Waals surface area (Å²) >= 11 is 0. The lowest BCUT2D eigenvalue weighted by Gasteiger charge is -2.02. The minimum absolute atomic E-state index is 0.744. The van der Waals surface area contributed by atoms with Crippen LogP contribution in [0.4, 0.5) is 0 Å². The van der Waals surface area contributed by atoms with Crippen molar-refractivity contribution in [3.05, 3.63) is 24.3 Å². The van der Waals surface area contributed by atoms with Crippen LogP contribution in [0.5, 0.6) is 0 Å². The highest BCUT2D eigenvalue weighted by atomic mass is 14.8. The van der Waals surface area contributed by atoms with Gasteiger partial charge in [0.15, 0.2) is 0 Å². The molecule has 1 nitrogen and oxygen atoms in total. The van der Waals surface area contributed by atoms with E-state index in [9.17, 15) is 0 Å². The normalized spacial score (nSPS) is 32.4. The van der Waals surface area contributed by atoms with Gasteiger partial charge in [0.05, 0.1) is 0 Å². The first-order valence-electron chi connectivity index (χ1n) is 5.21. The molecule has 0 spiro atoms. The van der Waals surface area contributed by atoms with E-state index in [0.29, 0.717) is 0 Å². The Morgan fingerprint density at radius 2 is 2.23 bits per heavy atom. The zero-order valence-corrected chi connectivity index (χ0v) is 9.01. The summed E-state index contributed by atoms with van der Waals surface area (Å²) in [5.41, 5.74) is 1.37. The lowest BCUT2D eigenvalue weighted by molar-refractivity contribution is 0.708. The van der Waals surface area contributed by atoms with E-state index in [2.05, 4.69) is 37.9 Å². The highest BCUT2D eigenvalue weighted by Gasteiger charge is 2.47. The summed E-state index contributed by atoms with van der Waals surface area (Å²) in [7, 11) is 1.99. The molecule has 1 aliphatic rings. The highest BCUT2D eigenvalue weighted by Crippen LogP contribution is 2.53. The van der Waals surface area contributed by atoms with Crippen molar-refractivity contribution in [3.63, 3.8) is 0 Å². The van der Waals surface area contributed by atoms with Crippen LogP contribution in [0.2, 0.25) is 0 Å². The van der Waals surface area contributed by atoms with Gasteiger partial charge in [0, 0.05) is 6.54 Å². The van der Waals surface area contributed by atoms with Crippen LogP contribution in [-0.2, 0) is 0 Å². The van der Waals surface area contributed by atoms with E-state index in [1.54, 1.807) is 0 Å². The van der Waals surface area contributed by atoms with Gasteiger partial charge in [0.1, 0.15) is 0 Å². The van der Waals surface area contributed by atoms with Crippen molar-refractivity contribution in [2.45, 2.75) is 20.3 Å². The third kappa shape index (κ3) is 2.22. The van der Waals surface area contributed by atoms with Crippen LogP contribution >= 0.6 is 0 Å². The van der Waals surface area contributed by atoms with Gasteiger partial charge < -0.3 is 5.32 Å². The minimum Gasteiger partial charge on any atom is -0.316 e. The maximum atomic E-state index is 4.14. The summed E-state index contributed by atoms with van der Waals surface area (Å²) < 4.78 is 0. The second-order valence-electron chi connectivity index (χ2n) is 3.89. The number of allylic oxidation sites excluding steroid dienone is 2. The van der Waals surface area contributed by atoms with Gasteiger partial charge in [-0.1, -0.05) is 37.6 Å². The molecular formula is C12H21N. The monoisotopic (exact) mass is 179 g/mol. The molecular weight excluding hydrogens is 158 g/mol. The van der Waals surface area contributed by atoms with E-state index in [1.807, 2.05) is 7.05 Å². The van der Waals surface area contributed by atoms with E-state index in [0.717, 1.165) is 24.3 Å². The quantitative estimate of drug-likeness (QED) is 0.640. The van der Waals surface area contributed by atoms with E-state index >= 15 is 0 Å². The molecule has 0 amide bonds. The lowest BCUT2D eigenvalue weighted by atomic mass is 10.1. The topological polar surface area (TPSA) is 12.0 Å². The van der Waals surface area contributed by atoms with Crippen molar-refractivity contribution in [2.75, 3.05) is 13.6 Å². The number of rotatable bonds is 5. The maximum absolute atomic E-state index is 4.14. The van der Waals surface area contributed by atoms with Crippen molar-refractivity contribution in [2.24, 2.45) is 17.8 Å². The summed E-state index contributed by atoms with van der Waals surface area (Å²) in [6.45, 7) is 9.48. The van der Waals surface area contributed by atoms with E-state index < -0.39 is 0 Å². The molecule has 0 bridgehead atoms. The molecule has 1 heteroatoms. The molecule has 1 rings (SSSR count). The van der Waals surface area contributed by atoms with Crippen LogP contribution in [0.15, 0.2) is 24.3 Å². The standard InChI is InChI=1S/C12H21N/c1-5-7-11-10(6-2)12(11)9(3)8-13-4/h5,7,10-13H,3,6,8H2,1-2,4H3. The highest BCUT2D eigenvalue weighted by molar-refractivity contribution is 5.22. The SMILES string of the molecule is C=C(CNC)C1C(C=CC)C1CC. The molecule has 1 N–H and O–H groups in total. The Bertz CT molecular complexity index is 205. The summed E-state index contributed by atoms with van der Waals surface area (Å²) in [5.74, 6) is 2.38. The van der Waals surface area contributed by atoms with Gasteiger partial charge >= 0.3 is 0 Å². The van der Waals surface area contributed by atoms with Crippen LogP contribution < -0.4 is 5.32 Å². The van der Waals surface area contributed by atoms with E-state index in [1.165, 1.54) is 12.0 Å². The fraction of sp³-hybridized carbons (Fsp3) is 0.667. The fourth-order valence-corrected chi connectivity index (χ4v) is 2.33. The van der Waals surface area contributed by atoms with Crippen LogP contribution in [0.3, 0.4) is 0 Å². The molecule has 1 fully saturated rings. The molecule has 1 aliphatic carbocycles. The average Bonchev–Trinajstić information content (AvgIpc) is 2.79. The zero-order valence-electron chi connectivity index (χ0n) is 9.01. The third-order valence-corrected chi connectivity index (χ3v) is 2.99. The molecule has 13 heavy (non-hydrogen) atoms. The second kappa shape index (κ2) is 4.61. The van der Waals surface area contributed by atoms with Gasteiger partial charge in [0.25, 0.3) is 0 Å². The number of hydrogen-bond donors (Lipinski definition) is 1. The van der Waals surface area contributed by atoms with E-state index in [4.69, 9.17) is 0 Å². The van der Waals surface area contributed by atoms with Crippen LogP contribution in [0.1, 0.15) is 20.3 Å². The van der Waals surface area contributed by atoms with Gasteiger partial charge in [-0.3, -0.25) is 0 Å². The Hall–Kier alpha value is -0.560. The van der Waals surface area contributed by atoms with Gasteiger partial charge in [-0.2, -0.15) is 0 Å². The predicted octanol–water partition coefficient (Wildman–Crippen LogP) is 2.61. The molecule has 1 saturated carbocycles. The van der Waals surface area contributed by atoms with Crippen LogP contribution in [0, 0.1) is 17.8 Å². The molecule has 74 valence electrons. The Kier molecular flexibility index (Phi) is 3.73. The third-order valence-electron chi connectivity index (χ3n) is 2.99. The Balaban J connectivity index is 2.48. The number of nitrogens with one attached hydrogen (secondary N) is 1. The summed E-state index contributed by atoms with van der Waals surface area (Å²) in [6.07, 6.45) is 5.78. The Morgan fingerprint density at radius 3 is 2.69 bits per heavy atom. The molecule has 3 unspecified atom stereocenters. The molecule has 0 aromatic heterocycles. The summed E-state index contributed by atoms with van der Waals surface area (Å²) in [5, 5.41) is 3.17. The largest absolute Gasteiger partial charge is 0.316 e. The minimum atomic E-state index is 0.744. The first-order valence-corrected chi connectivity index (χ1v) is 5.21. The summed E-state index contributed by atoms with van der Waals surface area (Å²) in [6, 6.07) is 0. The molecule has 3 atom stereocenters. The first-order chi connectivity index (χ1) is 6.26. The van der Waals surface area contributed by atoms with Gasteiger partial charge in [-0.25, -0.2) is 0 Å². The van der Waals surface area contributed by atoms with E-state index in [-0.39, 0.29) is 0 Å². The molecule has 0 heterocycles. The Morgan fingerprint density at radius 1 is 1.54 bits per heavy atom. The maximum Gasteiger partial charge on any atom is 0.0162 e. The molecule has 0 aromatic carbocycles. The van der Waals surface area contributed by atoms with Gasteiger partial charge in [-0.05, 0) is 31.7 Å². The first kappa shape index (κ1) is 10.5. The Labute approximate surface area is 81.9 Å². The van der Waals surface area contributed by atoms with Crippen molar-refractivity contribution in [1.82, 2.24) is 5.32 Å². The zero-order chi connectivity index (χ0) is 9.84. The lowest BCUT2D eigenvalue weighted by Crippen LogP contribution is -2.11. The van der Waals surface area contributed by atoms with Crippen molar-refractivity contribution in [1.29, 1.82) is 0 Å². The van der Waals surface area contributed by atoms with Gasteiger partial charge in [-0.15, -0.1) is 0 Å².